The van der Waals surface area contributed by atoms with Crippen LogP contribution in [-0.2, 0) is 20.9 Å². The second-order valence-electron chi connectivity index (χ2n) is 6.91. The molecule has 0 aromatic carbocycles. The molecule has 2 rings (SSSR count). The molecular weight excluding hydrogens is 322 g/mol. The maximum absolute atomic E-state index is 12.6. The fourth-order valence-electron chi connectivity index (χ4n) is 2.69. The molecule has 2 amide bonds. The lowest BCUT2D eigenvalue weighted by molar-refractivity contribution is -0.155. The molecular formula is C18H23N3O4. The highest BCUT2D eigenvalue weighted by molar-refractivity contribution is 6.00. The molecule has 1 aliphatic rings. The number of hydrogen-bond acceptors (Lipinski definition) is 5. The highest BCUT2D eigenvalue weighted by Gasteiger charge is 2.36. The van der Waals surface area contributed by atoms with Gasteiger partial charge < -0.3 is 15.4 Å². The van der Waals surface area contributed by atoms with Crippen molar-refractivity contribution in [2.75, 3.05) is 0 Å². The van der Waals surface area contributed by atoms with Crippen LogP contribution >= 0.6 is 0 Å². The minimum absolute atomic E-state index is 0.00363. The fourth-order valence-corrected chi connectivity index (χ4v) is 2.69. The van der Waals surface area contributed by atoms with E-state index in [0.29, 0.717) is 17.0 Å². The van der Waals surface area contributed by atoms with Crippen LogP contribution in [0.25, 0.3) is 6.08 Å². The second-order valence-corrected chi connectivity index (χ2v) is 6.91. The molecule has 7 nitrogen and oxygen atoms in total. The maximum Gasteiger partial charge on any atom is 0.306 e. The summed E-state index contributed by atoms with van der Waals surface area (Å²) in [6.45, 7) is 9.12. The lowest BCUT2D eigenvalue weighted by atomic mass is 10.1. The molecule has 1 atom stereocenters. The lowest BCUT2D eigenvalue weighted by Crippen LogP contribution is -2.45. The van der Waals surface area contributed by atoms with Gasteiger partial charge in [-0.1, -0.05) is 6.58 Å². The first-order valence-electron chi connectivity index (χ1n) is 8.07. The largest absolute Gasteiger partial charge is 0.460 e. The van der Waals surface area contributed by atoms with E-state index in [1.165, 1.54) is 4.90 Å². The topological polar surface area (TPSA) is 103 Å². The number of pyridine rings is 1. The fraction of sp³-hybridized carbons (Fsp3) is 0.444. The van der Waals surface area contributed by atoms with Crippen LogP contribution in [0.3, 0.4) is 0 Å². The van der Waals surface area contributed by atoms with Gasteiger partial charge in [0.25, 0.3) is 5.91 Å². The average Bonchev–Trinajstić information content (AvgIpc) is 2.81. The Morgan fingerprint density at radius 1 is 1.44 bits per heavy atom. The molecule has 25 heavy (non-hydrogen) atoms. The molecule has 0 unspecified atom stereocenters. The summed E-state index contributed by atoms with van der Waals surface area (Å²) in [6.07, 6.45) is 1.69. The molecule has 7 heteroatoms. The Hall–Kier alpha value is -2.70. The number of primary amides is 1. The van der Waals surface area contributed by atoms with Crippen LogP contribution in [0.2, 0.25) is 0 Å². The van der Waals surface area contributed by atoms with Crippen molar-refractivity contribution in [3.63, 3.8) is 0 Å². The molecule has 2 N–H and O–H groups in total. The molecule has 0 spiro atoms. The lowest BCUT2D eigenvalue weighted by Gasteiger charge is -2.25. The third-order valence-corrected chi connectivity index (χ3v) is 3.76. The van der Waals surface area contributed by atoms with Gasteiger partial charge >= 0.3 is 5.97 Å². The van der Waals surface area contributed by atoms with E-state index in [2.05, 4.69) is 11.6 Å². The molecule has 1 aliphatic heterocycles. The number of carbonyl (C=O) groups is 3. The minimum Gasteiger partial charge on any atom is -0.460 e. The zero-order chi connectivity index (χ0) is 18.8. The highest BCUT2D eigenvalue weighted by Crippen LogP contribution is 2.25. The third-order valence-electron chi connectivity index (χ3n) is 3.76. The zero-order valence-corrected chi connectivity index (χ0v) is 14.7. The maximum atomic E-state index is 12.6. The van der Waals surface area contributed by atoms with E-state index in [1.54, 1.807) is 39.0 Å². The minimum atomic E-state index is -0.888. The van der Waals surface area contributed by atoms with Crippen molar-refractivity contribution >= 4 is 23.9 Å². The molecule has 134 valence electrons. The number of nitrogens with zero attached hydrogens (tertiary/aromatic N) is 2. The predicted octanol–water partition coefficient (Wildman–Crippen LogP) is 1.66. The first-order chi connectivity index (χ1) is 11.6. The van der Waals surface area contributed by atoms with Crippen LogP contribution < -0.4 is 5.73 Å². The van der Waals surface area contributed by atoms with Crippen LogP contribution in [0.1, 0.15) is 55.4 Å². The smallest absolute Gasteiger partial charge is 0.306 e. The van der Waals surface area contributed by atoms with Crippen molar-refractivity contribution in [1.29, 1.82) is 0 Å². The summed E-state index contributed by atoms with van der Waals surface area (Å²) in [5.41, 5.74) is 6.52. The molecule has 0 bridgehead atoms. The van der Waals surface area contributed by atoms with E-state index in [0.717, 1.165) is 0 Å². The van der Waals surface area contributed by atoms with Crippen molar-refractivity contribution in [3.05, 3.63) is 35.7 Å². The van der Waals surface area contributed by atoms with Crippen molar-refractivity contribution in [3.8, 4) is 0 Å². The monoisotopic (exact) mass is 345 g/mol. The van der Waals surface area contributed by atoms with Gasteiger partial charge in [0.2, 0.25) is 5.91 Å². The Morgan fingerprint density at radius 3 is 2.68 bits per heavy atom. The Labute approximate surface area is 146 Å². The van der Waals surface area contributed by atoms with Crippen LogP contribution in [0.15, 0.2) is 18.7 Å². The molecule has 2 heterocycles. The number of hydrogen-bond donors (Lipinski definition) is 1. The highest BCUT2D eigenvalue weighted by atomic mass is 16.6. The summed E-state index contributed by atoms with van der Waals surface area (Å²) < 4.78 is 5.23. The Kier molecular flexibility index (Phi) is 5.25. The van der Waals surface area contributed by atoms with Crippen molar-refractivity contribution in [1.82, 2.24) is 9.88 Å². The van der Waals surface area contributed by atoms with E-state index >= 15 is 0 Å². The van der Waals surface area contributed by atoms with E-state index in [1.807, 2.05) is 0 Å². The van der Waals surface area contributed by atoms with E-state index in [4.69, 9.17) is 10.5 Å². The Balaban J connectivity index is 2.11. The SMILES string of the molecule is C=Cc1ccc2c(n1)CN([C@@H](CCC(=O)OC(C)(C)C)C(N)=O)C2=O. The van der Waals surface area contributed by atoms with Crippen LogP contribution in [0.4, 0.5) is 0 Å². The van der Waals surface area contributed by atoms with Gasteiger partial charge in [-0.25, -0.2) is 0 Å². The van der Waals surface area contributed by atoms with Gasteiger partial charge in [0.1, 0.15) is 11.6 Å². The molecule has 0 saturated heterocycles. The van der Waals surface area contributed by atoms with Gasteiger partial charge in [0.05, 0.1) is 23.5 Å². The number of nitrogens with two attached hydrogens (primary N) is 1. The van der Waals surface area contributed by atoms with Crippen LogP contribution in [0.5, 0.6) is 0 Å². The quantitative estimate of drug-likeness (QED) is 0.790. The van der Waals surface area contributed by atoms with Gasteiger partial charge in [0, 0.05) is 6.42 Å². The first kappa shape index (κ1) is 18.6. The number of aromatic nitrogens is 1. The number of ether oxygens (including phenoxy) is 1. The van der Waals surface area contributed by atoms with E-state index in [-0.39, 0.29) is 25.3 Å². The Morgan fingerprint density at radius 2 is 2.12 bits per heavy atom. The molecule has 1 aromatic heterocycles. The van der Waals surface area contributed by atoms with Gasteiger partial charge in [-0.3, -0.25) is 19.4 Å². The molecule has 1 aromatic rings. The molecule has 0 aliphatic carbocycles. The van der Waals surface area contributed by atoms with E-state index < -0.39 is 23.5 Å². The van der Waals surface area contributed by atoms with E-state index in [9.17, 15) is 14.4 Å². The van der Waals surface area contributed by atoms with Gasteiger partial charge in [-0.15, -0.1) is 0 Å². The number of fused-ring (bicyclic) bond motifs is 1. The summed E-state index contributed by atoms with van der Waals surface area (Å²) >= 11 is 0. The summed E-state index contributed by atoms with van der Waals surface area (Å²) in [5.74, 6) is -1.41. The number of carbonyl (C=O) groups excluding carboxylic acids is 3. The second kappa shape index (κ2) is 7.04. The van der Waals surface area contributed by atoms with Gasteiger partial charge in [-0.05, 0) is 45.4 Å². The Bertz CT molecular complexity index is 722. The number of rotatable bonds is 6. The predicted molar refractivity (Wildman–Crippen MR) is 92.3 cm³/mol. The molecule has 0 saturated carbocycles. The first-order valence-corrected chi connectivity index (χ1v) is 8.07. The summed E-state index contributed by atoms with van der Waals surface area (Å²) in [7, 11) is 0. The molecule has 0 radical (unpaired) electrons. The van der Waals surface area contributed by atoms with Crippen LogP contribution in [-0.4, -0.2) is 39.3 Å². The van der Waals surface area contributed by atoms with Gasteiger partial charge in [0.15, 0.2) is 0 Å². The molecule has 0 fully saturated rings. The standard InChI is InChI=1S/C18H23N3O4/c1-5-11-6-7-12-13(20-11)10-21(17(12)24)14(16(19)23)8-9-15(22)25-18(2,3)4/h5-7,14H,1,8-10H2,2-4H3,(H2,19,23)/t14-/m0/s1. The summed E-state index contributed by atoms with van der Waals surface area (Å²) in [4.78, 5) is 42.0. The third kappa shape index (κ3) is 4.43. The number of amides is 2. The average molecular weight is 345 g/mol. The van der Waals surface area contributed by atoms with Crippen molar-refractivity contribution in [2.24, 2.45) is 5.73 Å². The van der Waals surface area contributed by atoms with Crippen LogP contribution in [0, 0.1) is 0 Å². The number of esters is 1. The summed E-state index contributed by atoms with van der Waals surface area (Å²) in [6, 6.07) is 2.46. The van der Waals surface area contributed by atoms with Crippen molar-refractivity contribution in [2.45, 2.75) is 51.8 Å². The zero-order valence-electron chi connectivity index (χ0n) is 14.7. The normalized spacial score (nSPS) is 14.8. The summed E-state index contributed by atoms with van der Waals surface area (Å²) in [5, 5.41) is 0. The van der Waals surface area contributed by atoms with Crippen molar-refractivity contribution < 1.29 is 19.1 Å². The van der Waals surface area contributed by atoms with Gasteiger partial charge in [-0.2, -0.15) is 0 Å².